The number of nitrogens with one attached hydrogen (secondary N) is 2. The molecule has 0 radical (unpaired) electrons. The quantitative estimate of drug-likeness (QED) is 0.340. The molecule has 11 heteroatoms. The zero-order valence-corrected chi connectivity index (χ0v) is 18.5. The van der Waals surface area contributed by atoms with Gasteiger partial charge in [-0.15, -0.1) is 0 Å². The molecule has 33 heavy (non-hydrogen) atoms. The molecular weight excluding hydrogens is 446 g/mol. The normalized spacial score (nSPS) is 11.3. The summed E-state index contributed by atoms with van der Waals surface area (Å²) in [6.07, 6.45) is 5.41. The third-order valence-electron chi connectivity index (χ3n) is 4.42. The highest BCUT2D eigenvalue weighted by Gasteiger charge is 2.22. The molecule has 0 saturated heterocycles. The van der Waals surface area contributed by atoms with Crippen molar-refractivity contribution >= 4 is 35.0 Å². The molecule has 0 saturated carbocycles. The number of hydrogen-bond acceptors (Lipinski definition) is 8. The van der Waals surface area contributed by atoms with Crippen molar-refractivity contribution in [3.8, 4) is 11.8 Å². The average Bonchev–Trinajstić information content (AvgIpc) is 2.83. The van der Waals surface area contributed by atoms with Crippen LogP contribution in [0.5, 0.6) is 11.8 Å². The van der Waals surface area contributed by atoms with E-state index >= 15 is 0 Å². The number of non-ortho nitro benzene ring substituents is 1. The molecule has 1 unspecified atom stereocenters. The monoisotopic (exact) mass is 467 g/mol. The third kappa shape index (κ3) is 7.01. The van der Waals surface area contributed by atoms with Gasteiger partial charge >= 0.3 is 6.01 Å². The van der Waals surface area contributed by atoms with Crippen LogP contribution in [0, 0.1) is 10.1 Å². The Morgan fingerprint density at radius 2 is 1.85 bits per heavy atom. The number of carbonyl (C=O) groups is 2. The van der Waals surface area contributed by atoms with Crippen LogP contribution in [0.4, 0.5) is 11.4 Å². The zero-order chi connectivity index (χ0) is 23.6. The van der Waals surface area contributed by atoms with Crippen LogP contribution in [0.15, 0.2) is 67.0 Å². The minimum absolute atomic E-state index is 0.107. The predicted molar refractivity (Wildman–Crippen MR) is 125 cm³/mol. The summed E-state index contributed by atoms with van der Waals surface area (Å²) >= 11 is 1.54. The molecule has 2 N–H and O–H groups in total. The Morgan fingerprint density at radius 3 is 2.52 bits per heavy atom. The molecule has 3 aromatic rings. The van der Waals surface area contributed by atoms with Crippen molar-refractivity contribution in [1.82, 2.24) is 15.3 Å². The molecule has 170 valence electrons. The van der Waals surface area contributed by atoms with Crippen molar-refractivity contribution in [1.29, 1.82) is 0 Å². The number of nitrogens with zero attached hydrogens (tertiary/aromatic N) is 3. The van der Waals surface area contributed by atoms with Gasteiger partial charge in [0.25, 0.3) is 11.6 Å². The van der Waals surface area contributed by atoms with Gasteiger partial charge in [-0.2, -0.15) is 11.8 Å². The minimum atomic E-state index is -0.821. The standard InChI is InChI=1S/C22H21N5O5S/c1-33-13-10-19(26-20(28)15-4-2-5-17(14-15)27(30)31)21(29)25-16-6-8-18(9-7-16)32-22-23-11-3-12-24-22/h2-9,11-12,14,19H,10,13H2,1H3,(H,25,29)(H,26,28). The van der Waals surface area contributed by atoms with Crippen LogP contribution in [0.3, 0.4) is 0 Å². The Kier molecular flexibility index (Phi) is 8.30. The summed E-state index contributed by atoms with van der Waals surface area (Å²) in [5.41, 5.74) is 0.423. The van der Waals surface area contributed by atoms with E-state index in [1.54, 1.807) is 42.7 Å². The maximum atomic E-state index is 12.8. The molecule has 2 aromatic carbocycles. The molecule has 1 aromatic heterocycles. The van der Waals surface area contributed by atoms with Gasteiger partial charge in [-0.1, -0.05) is 6.07 Å². The highest BCUT2D eigenvalue weighted by molar-refractivity contribution is 7.98. The molecule has 0 aliphatic heterocycles. The number of ether oxygens (including phenoxy) is 1. The summed E-state index contributed by atoms with van der Waals surface area (Å²) in [6.45, 7) is 0. The predicted octanol–water partition coefficient (Wildman–Crippen LogP) is 3.67. The molecule has 0 fully saturated rings. The first-order chi connectivity index (χ1) is 16.0. The van der Waals surface area contributed by atoms with Crippen LogP contribution >= 0.6 is 11.8 Å². The number of carbonyl (C=O) groups excluding carboxylic acids is 2. The first-order valence-corrected chi connectivity index (χ1v) is 11.3. The Hall–Kier alpha value is -3.99. The maximum absolute atomic E-state index is 12.8. The van der Waals surface area contributed by atoms with Crippen molar-refractivity contribution in [2.24, 2.45) is 0 Å². The number of hydrogen-bond donors (Lipinski definition) is 2. The van der Waals surface area contributed by atoms with E-state index < -0.39 is 22.8 Å². The number of amides is 2. The molecule has 0 bridgehead atoms. The Morgan fingerprint density at radius 1 is 1.12 bits per heavy atom. The second-order valence-corrected chi connectivity index (χ2v) is 7.75. The van der Waals surface area contributed by atoms with Gasteiger partial charge in [0.15, 0.2) is 0 Å². The van der Waals surface area contributed by atoms with E-state index in [4.69, 9.17) is 4.74 Å². The highest BCUT2D eigenvalue weighted by atomic mass is 32.2. The van der Waals surface area contributed by atoms with Crippen LogP contribution in [-0.4, -0.2) is 44.8 Å². The average molecular weight is 468 g/mol. The van der Waals surface area contributed by atoms with Crippen LogP contribution < -0.4 is 15.4 Å². The fourth-order valence-electron chi connectivity index (χ4n) is 2.79. The lowest BCUT2D eigenvalue weighted by atomic mass is 10.1. The van der Waals surface area contributed by atoms with Gasteiger partial charge in [-0.3, -0.25) is 19.7 Å². The Labute approximate surface area is 193 Å². The first-order valence-electron chi connectivity index (χ1n) is 9.86. The molecule has 10 nitrogen and oxygen atoms in total. The third-order valence-corrected chi connectivity index (χ3v) is 5.07. The number of anilines is 1. The summed E-state index contributed by atoms with van der Waals surface area (Å²) in [6, 6.07) is 13.0. The van der Waals surface area contributed by atoms with E-state index in [-0.39, 0.29) is 17.3 Å². The fourth-order valence-corrected chi connectivity index (χ4v) is 3.26. The van der Waals surface area contributed by atoms with E-state index in [1.807, 2.05) is 6.26 Å². The van der Waals surface area contributed by atoms with Crippen molar-refractivity contribution in [2.45, 2.75) is 12.5 Å². The van der Waals surface area contributed by atoms with Crippen LogP contribution in [0.1, 0.15) is 16.8 Å². The summed E-state index contributed by atoms with van der Waals surface area (Å²) in [4.78, 5) is 43.8. The lowest BCUT2D eigenvalue weighted by Crippen LogP contribution is -2.44. The topological polar surface area (TPSA) is 136 Å². The van der Waals surface area contributed by atoms with E-state index in [1.165, 1.54) is 36.0 Å². The molecule has 0 aliphatic carbocycles. The van der Waals surface area contributed by atoms with E-state index in [9.17, 15) is 19.7 Å². The molecule has 2 amide bonds. The molecule has 1 atom stereocenters. The fraction of sp³-hybridized carbons (Fsp3) is 0.182. The zero-order valence-electron chi connectivity index (χ0n) is 17.6. The second-order valence-electron chi connectivity index (χ2n) is 6.76. The highest BCUT2D eigenvalue weighted by Crippen LogP contribution is 2.20. The molecular formula is C22H21N5O5S. The van der Waals surface area contributed by atoms with E-state index in [0.717, 1.165) is 0 Å². The maximum Gasteiger partial charge on any atom is 0.321 e. The van der Waals surface area contributed by atoms with Gasteiger partial charge in [-0.25, -0.2) is 9.97 Å². The Bertz CT molecular complexity index is 1110. The molecule has 0 aliphatic rings. The number of rotatable bonds is 10. The minimum Gasteiger partial charge on any atom is -0.424 e. The van der Waals surface area contributed by atoms with E-state index in [0.29, 0.717) is 23.6 Å². The first kappa shape index (κ1) is 23.7. The SMILES string of the molecule is CSCCC(NC(=O)c1cccc([N+](=O)[O-])c1)C(=O)Nc1ccc(Oc2ncccn2)cc1. The van der Waals surface area contributed by atoms with Crippen LogP contribution in [0.25, 0.3) is 0 Å². The number of thioether (sulfide) groups is 1. The van der Waals surface area contributed by atoms with Gasteiger partial charge in [-0.05, 0) is 54.8 Å². The molecule has 0 spiro atoms. The lowest BCUT2D eigenvalue weighted by Gasteiger charge is -2.18. The summed E-state index contributed by atoms with van der Waals surface area (Å²) in [5.74, 6) is 0.170. The number of nitro benzene ring substituents is 1. The van der Waals surface area contributed by atoms with Gasteiger partial charge < -0.3 is 15.4 Å². The van der Waals surface area contributed by atoms with Gasteiger partial charge in [0.1, 0.15) is 11.8 Å². The van der Waals surface area contributed by atoms with Crippen molar-refractivity contribution in [2.75, 3.05) is 17.3 Å². The Balaban J connectivity index is 1.65. The number of benzene rings is 2. The smallest absolute Gasteiger partial charge is 0.321 e. The molecule has 1 heterocycles. The van der Waals surface area contributed by atoms with Crippen molar-refractivity contribution < 1.29 is 19.2 Å². The van der Waals surface area contributed by atoms with Crippen molar-refractivity contribution in [3.05, 3.63) is 82.7 Å². The summed E-state index contributed by atoms with van der Waals surface area (Å²) < 4.78 is 5.52. The lowest BCUT2D eigenvalue weighted by molar-refractivity contribution is -0.384. The second kappa shape index (κ2) is 11.6. The number of aromatic nitrogens is 2. The summed E-state index contributed by atoms with van der Waals surface area (Å²) in [7, 11) is 0. The van der Waals surface area contributed by atoms with Gasteiger partial charge in [0, 0.05) is 35.8 Å². The van der Waals surface area contributed by atoms with E-state index in [2.05, 4.69) is 20.6 Å². The van der Waals surface area contributed by atoms with Crippen LogP contribution in [0.2, 0.25) is 0 Å². The van der Waals surface area contributed by atoms with Crippen LogP contribution in [-0.2, 0) is 4.79 Å². The largest absolute Gasteiger partial charge is 0.424 e. The van der Waals surface area contributed by atoms with Gasteiger partial charge in [0.2, 0.25) is 5.91 Å². The summed E-state index contributed by atoms with van der Waals surface area (Å²) in [5, 5.41) is 16.4. The number of nitro groups is 1. The van der Waals surface area contributed by atoms with Gasteiger partial charge in [0.05, 0.1) is 4.92 Å². The van der Waals surface area contributed by atoms with Crippen molar-refractivity contribution in [3.63, 3.8) is 0 Å². The molecule has 3 rings (SSSR count).